The minimum atomic E-state index is -0.581. The maximum atomic E-state index is 11.5. The summed E-state index contributed by atoms with van der Waals surface area (Å²) in [5, 5.41) is 11.5. The summed E-state index contributed by atoms with van der Waals surface area (Å²) in [6.07, 6.45) is 2.18. The van der Waals surface area contributed by atoms with Crippen LogP contribution < -0.4 is 9.47 Å². The summed E-state index contributed by atoms with van der Waals surface area (Å²) in [4.78, 5) is 0. The Kier molecular flexibility index (Phi) is 13.9. The molecular formula is C27H44O3. The monoisotopic (exact) mass is 416 g/mol. The smallest absolute Gasteiger partial charge is 0.161 e. The number of aliphatic hydroxyl groups excluding tert-OH is 1. The second-order valence-corrected chi connectivity index (χ2v) is 7.08. The van der Waals surface area contributed by atoms with Gasteiger partial charge in [0, 0.05) is 5.41 Å². The molecule has 1 N–H and O–H groups in total. The van der Waals surface area contributed by atoms with Crippen molar-refractivity contribution >= 4 is 0 Å². The van der Waals surface area contributed by atoms with Crippen LogP contribution in [0.25, 0.3) is 0 Å². The number of aliphatic hydroxyl groups is 1. The van der Waals surface area contributed by atoms with E-state index in [0.29, 0.717) is 17.4 Å². The fourth-order valence-corrected chi connectivity index (χ4v) is 3.94. The average Bonchev–Trinajstić information content (AvgIpc) is 2.84. The number of ether oxygens (including phenoxy) is 2. The molecule has 3 heteroatoms. The van der Waals surface area contributed by atoms with E-state index in [1.807, 2.05) is 52.0 Å². The molecule has 170 valence electrons. The van der Waals surface area contributed by atoms with Gasteiger partial charge in [-0.15, -0.1) is 0 Å². The molecule has 0 bridgehead atoms. The zero-order valence-corrected chi connectivity index (χ0v) is 20.7. The van der Waals surface area contributed by atoms with Crippen LogP contribution in [0.1, 0.15) is 78.5 Å². The number of hydrogen-bond donors (Lipinski definition) is 1. The third kappa shape index (κ3) is 6.77. The highest BCUT2D eigenvalue weighted by atomic mass is 16.5. The van der Waals surface area contributed by atoms with Crippen LogP contribution in [0.2, 0.25) is 0 Å². The lowest BCUT2D eigenvalue weighted by Gasteiger charge is -2.43. The first kappa shape index (κ1) is 28.0. The zero-order valence-electron chi connectivity index (χ0n) is 20.7. The van der Waals surface area contributed by atoms with Crippen molar-refractivity contribution in [3.63, 3.8) is 0 Å². The SMILES string of the molecule is CC.CC.CCC(C)C(CC)(Cc1ccccc1)C(O)c1ccc(OC)c(OC)c1. The molecule has 0 fully saturated rings. The Morgan fingerprint density at radius 2 is 1.43 bits per heavy atom. The highest BCUT2D eigenvalue weighted by molar-refractivity contribution is 5.44. The van der Waals surface area contributed by atoms with Gasteiger partial charge in [-0.3, -0.25) is 0 Å². The summed E-state index contributed by atoms with van der Waals surface area (Å²) in [5.74, 6) is 1.70. The quantitative estimate of drug-likeness (QED) is 0.460. The fourth-order valence-electron chi connectivity index (χ4n) is 3.94. The summed E-state index contributed by atoms with van der Waals surface area (Å²) in [7, 11) is 3.25. The van der Waals surface area contributed by atoms with Gasteiger partial charge in [-0.2, -0.15) is 0 Å². The first-order valence-electron chi connectivity index (χ1n) is 11.5. The Labute approximate surface area is 185 Å². The standard InChI is InChI=1S/C23H32O3.2C2H6/c1-6-17(3)23(7-2,16-18-11-9-8-10-12-18)22(24)19-13-14-20(25-4)21(15-19)26-5;2*1-2/h8-15,17,22,24H,6-7,16H2,1-5H3;2*1-2H3. The van der Waals surface area contributed by atoms with E-state index in [9.17, 15) is 5.11 Å². The Hall–Kier alpha value is -2.00. The molecule has 0 spiro atoms. The maximum absolute atomic E-state index is 11.5. The van der Waals surface area contributed by atoms with E-state index in [2.05, 4.69) is 45.0 Å². The van der Waals surface area contributed by atoms with Gasteiger partial charge in [0.1, 0.15) is 0 Å². The molecule has 0 amide bonds. The summed E-state index contributed by atoms with van der Waals surface area (Å²) < 4.78 is 10.8. The van der Waals surface area contributed by atoms with Crippen LogP contribution >= 0.6 is 0 Å². The summed E-state index contributed by atoms with van der Waals surface area (Å²) in [5.41, 5.74) is 1.89. The van der Waals surface area contributed by atoms with Crippen molar-refractivity contribution in [3.05, 3.63) is 59.7 Å². The number of benzene rings is 2. The van der Waals surface area contributed by atoms with Gasteiger partial charge in [-0.05, 0) is 42.0 Å². The van der Waals surface area contributed by atoms with E-state index in [4.69, 9.17) is 9.47 Å². The van der Waals surface area contributed by atoms with E-state index in [0.717, 1.165) is 24.8 Å². The van der Waals surface area contributed by atoms with Crippen LogP contribution in [0.4, 0.5) is 0 Å². The van der Waals surface area contributed by atoms with Gasteiger partial charge in [-0.1, -0.05) is 91.3 Å². The number of methoxy groups -OCH3 is 2. The molecule has 2 rings (SSSR count). The Bertz CT molecular complexity index is 684. The van der Waals surface area contributed by atoms with Crippen molar-refractivity contribution in [2.75, 3.05) is 14.2 Å². The molecule has 0 saturated heterocycles. The molecule has 0 aliphatic rings. The molecular weight excluding hydrogens is 372 g/mol. The van der Waals surface area contributed by atoms with E-state index in [1.165, 1.54) is 5.56 Å². The molecule has 30 heavy (non-hydrogen) atoms. The van der Waals surface area contributed by atoms with Crippen molar-refractivity contribution < 1.29 is 14.6 Å². The van der Waals surface area contributed by atoms with Gasteiger partial charge in [-0.25, -0.2) is 0 Å². The normalized spacial score (nSPS) is 14.1. The summed E-state index contributed by atoms with van der Waals surface area (Å²) in [6, 6.07) is 16.2. The molecule has 3 nitrogen and oxygen atoms in total. The minimum absolute atomic E-state index is 0.240. The third-order valence-electron chi connectivity index (χ3n) is 5.90. The number of rotatable bonds is 9. The summed E-state index contributed by atoms with van der Waals surface area (Å²) in [6.45, 7) is 14.6. The molecule has 2 aromatic carbocycles. The van der Waals surface area contributed by atoms with E-state index in [-0.39, 0.29) is 5.41 Å². The highest BCUT2D eigenvalue weighted by Gasteiger charge is 2.41. The Morgan fingerprint density at radius 3 is 1.90 bits per heavy atom. The molecule has 0 saturated carbocycles. The third-order valence-corrected chi connectivity index (χ3v) is 5.90. The maximum Gasteiger partial charge on any atom is 0.161 e. The molecule has 0 radical (unpaired) electrons. The van der Waals surface area contributed by atoms with E-state index >= 15 is 0 Å². The summed E-state index contributed by atoms with van der Waals surface area (Å²) >= 11 is 0. The van der Waals surface area contributed by atoms with Gasteiger partial charge in [0.05, 0.1) is 20.3 Å². The second kappa shape index (κ2) is 14.9. The largest absolute Gasteiger partial charge is 0.493 e. The van der Waals surface area contributed by atoms with Gasteiger partial charge < -0.3 is 14.6 Å². The molecule has 0 heterocycles. The van der Waals surface area contributed by atoms with Crippen LogP contribution in [0, 0.1) is 11.3 Å². The van der Waals surface area contributed by atoms with Crippen LogP contribution in [0.3, 0.4) is 0 Å². The Balaban J connectivity index is 0.00000198. The van der Waals surface area contributed by atoms with Crippen LogP contribution in [0.15, 0.2) is 48.5 Å². The van der Waals surface area contributed by atoms with Crippen LogP contribution in [0.5, 0.6) is 11.5 Å². The van der Waals surface area contributed by atoms with Crippen molar-refractivity contribution in [2.24, 2.45) is 11.3 Å². The molecule has 3 unspecified atom stereocenters. The lowest BCUT2D eigenvalue weighted by molar-refractivity contribution is -0.0234. The van der Waals surface area contributed by atoms with Gasteiger partial charge in [0.15, 0.2) is 11.5 Å². The lowest BCUT2D eigenvalue weighted by atomic mass is 9.64. The molecule has 0 aliphatic heterocycles. The predicted molar refractivity (Wildman–Crippen MR) is 130 cm³/mol. The lowest BCUT2D eigenvalue weighted by Crippen LogP contribution is -2.37. The molecule has 0 aromatic heterocycles. The van der Waals surface area contributed by atoms with Crippen molar-refractivity contribution in [3.8, 4) is 11.5 Å². The van der Waals surface area contributed by atoms with E-state index in [1.54, 1.807) is 14.2 Å². The van der Waals surface area contributed by atoms with Gasteiger partial charge in [0.2, 0.25) is 0 Å². The first-order valence-corrected chi connectivity index (χ1v) is 11.5. The van der Waals surface area contributed by atoms with Gasteiger partial charge in [0.25, 0.3) is 0 Å². The van der Waals surface area contributed by atoms with Crippen LogP contribution in [-0.4, -0.2) is 19.3 Å². The van der Waals surface area contributed by atoms with Crippen molar-refractivity contribution in [1.29, 1.82) is 0 Å². The van der Waals surface area contributed by atoms with Crippen LogP contribution in [-0.2, 0) is 6.42 Å². The Morgan fingerprint density at radius 1 is 0.867 bits per heavy atom. The molecule has 0 aliphatic carbocycles. The topological polar surface area (TPSA) is 38.7 Å². The number of hydrogen-bond acceptors (Lipinski definition) is 3. The molecule has 2 aromatic rings. The average molecular weight is 417 g/mol. The van der Waals surface area contributed by atoms with E-state index < -0.39 is 6.10 Å². The van der Waals surface area contributed by atoms with Crippen molar-refractivity contribution in [2.45, 2.75) is 73.8 Å². The first-order chi connectivity index (χ1) is 14.5. The fraction of sp³-hybridized carbons (Fsp3) is 0.556. The minimum Gasteiger partial charge on any atom is -0.493 e. The predicted octanol–water partition coefficient (Wildman–Crippen LogP) is 7.47. The molecule has 3 atom stereocenters. The second-order valence-electron chi connectivity index (χ2n) is 7.08. The zero-order chi connectivity index (χ0) is 23.2. The van der Waals surface area contributed by atoms with Gasteiger partial charge >= 0.3 is 0 Å². The highest BCUT2D eigenvalue weighted by Crippen LogP contribution is 2.48. The van der Waals surface area contributed by atoms with Crippen molar-refractivity contribution in [1.82, 2.24) is 0 Å².